The molecule has 0 aromatic rings. The molecule has 2 rings (SSSR count). The lowest BCUT2D eigenvalue weighted by molar-refractivity contribution is -0.101. The van der Waals surface area contributed by atoms with Crippen LogP contribution >= 0.6 is 0 Å². The van der Waals surface area contributed by atoms with Gasteiger partial charge in [0.1, 0.15) is 5.60 Å². The molecule has 0 aromatic carbocycles. The summed E-state index contributed by atoms with van der Waals surface area (Å²) >= 11 is 0. The van der Waals surface area contributed by atoms with Crippen molar-refractivity contribution < 1.29 is 19.7 Å². The summed E-state index contributed by atoms with van der Waals surface area (Å²) in [4.78, 5) is 13.7. The minimum Gasteiger partial charge on any atom is -0.444 e. The summed E-state index contributed by atoms with van der Waals surface area (Å²) < 4.78 is 5.35. The number of aliphatic hydroxyl groups is 2. The molecule has 1 heterocycles. The van der Waals surface area contributed by atoms with E-state index in [2.05, 4.69) is 0 Å². The Balaban J connectivity index is 2.09. The van der Waals surface area contributed by atoms with E-state index >= 15 is 0 Å². The lowest BCUT2D eigenvalue weighted by atomic mass is 9.52. The SMILES string of the molecule is CC(C)(C)OC(=O)N1C[C@]2(CO)CC[C@]2(CO)C1. The van der Waals surface area contributed by atoms with E-state index in [0.717, 1.165) is 12.8 Å². The first-order valence-corrected chi connectivity index (χ1v) is 6.47. The van der Waals surface area contributed by atoms with Gasteiger partial charge in [0, 0.05) is 23.9 Å². The predicted molar refractivity (Wildman–Crippen MR) is 66.1 cm³/mol. The molecule has 1 amide bonds. The molecule has 5 nitrogen and oxygen atoms in total. The Morgan fingerprint density at radius 3 is 1.89 bits per heavy atom. The number of likely N-dealkylation sites (tertiary alicyclic amines) is 1. The maximum absolute atomic E-state index is 12.0. The van der Waals surface area contributed by atoms with Crippen molar-refractivity contribution >= 4 is 6.09 Å². The molecule has 1 aliphatic heterocycles. The molecular weight excluding hydrogens is 234 g/mol. The van der Waals surface area contributed by atoms with Crippen molar-refractivity contribution in [3.05, 3.63) is 0 Å². The van der Waals surface area contributed by atoms with Gasteiger partial charge in [-0.15, -0.1) is 0 Å². The van der Waals surface area contributed by atoms with Crippen molar-refractivity contribution in [1.29, 1.82) is 0 Å². The number of ether oxygens (including phenoxy) is 1. The molecule has 1 saturated carbocycles. The van der Waals surface area contributed by atoms with Gasteiger partial charge in [-0.05, 0) is 33.6 Å². The zero-order valence-corrected chi connectivity index (χ0v) is 11.4. The van der Waals surface area contributed by atoms with E-state index in [1.807, 2.05) is 20.8 Å². The Labute approximate surface area is 108 Å². The Hall–Kier alpha value is -0.810. The third-order valence-corrected chi connectivity index (χ3v) is 4.45. The number of hydrogen-bond acceptors (Lipinski definition) is 4. The summed E-state index contributed by atoms with van der Waals surface area (Å²) in [6.45, 7) is 6.51. The van der Waals surface area contributed by atoms with Gasteiger partial charge in [0.25, 0.3) is 0 Å². The standard InChI is InChI=1S/C13H23NO4/c1-11(2,3)18-10(17)14-6-12(8-15)4-5-13(12,7-14)9-16/h15-16H,4-9H2,1-3H3/t12-,13+. The van der Waals surface area contributed by atoms with Gasteiger partial charge in [0.05, 0.1) is 13.2 Å². The van der Waals surface area contributed by atoms with Crippen LogP contribution in [0.5, 0.6) is 0 Å². The van der Waals surface area contributed by atoms with Gasteiger partial charge in [-0.1, -0.05) is 0 Å². The first-order chi connectivity index (χ1) is 8.27. The van der Waals surface area contributed by atoms with Gasteiger partial charge >= 0.3 is 6.09 Å². The minimum atomic E-state index is -0.516. The Morgan fingerprint density at radius 2 is 1.61 bits per heavy atom. The monoisotopic (exact) mass is 257 g/mol. The fourth-order valence-corrected chi connectivity index (χ4v) is 3.16. The molecule has 0 unspecified atom stereocenters. The van der Waals surface area contributed by atoms with Crippen molar-refractivity contribution in [2.45, 2.75) is 39.2 Å². The lowest BCUT2D eigenvalue weighted by Gasteiger charge is -2.52. The molecule has 2 atom stereocenters. The second-order valence-corrected chi connectivity index (χ2v) is 6.71. The molecule has 0 aromatic heterocycles. The molecule has 1 saturated heterocycles. The first-order valence-electron chi connectivity index (χ1n) is 6.47. The average molecular weight is 257 g/mol. The zero-order chi connectivity index (χ0) is 13.6. The summed E-state index contributed by atoms with van der Waals surface area (Å²) in [5, 5.41) is 19.2. The van der Waals surface area contributed by atoms with Crippen LogP contribution in [0.15, 0.2) is 0 Å². The summed E-state index contributed by atoms with van der Waals surface area (Å²) in [7, 11) is 0. The minimum absolute atomic E-state index is 0.0207. The second-order valence-electron chi connectivity index (χ2n) is 6.71. The van der Waals surface area contributed by atoms with Crippen LogP contribution in [0.4, 0.5) is 4.79 Å². The fraction of sp³-hybridized carbons (Fsp3) is 0.923. The van der Waals surface area contributed by atoms with Crippen LogP contribution in [0.25, 0.3) is 0 Å². The van der Waals surface area contributed by atoms with E-state index in [4.69, 9.17) is 4.74 Å². The van der Waals surface area contributed by atoms with Gasteiger partial charge in [-0.25, -0.2) is 4.79 Å². The summed E-state index contributed by atoms with van der Waals surface area (Å²) in [6.07, 6.45) is 1.38. The molecule has 2 aliphatic rings. The van der Waals surface area contributed by atoms with Crippen molar-refractivity contribution in [2.24, 2.45) is 10.8 Å². The molecule has 0 spiro atoms. The average Bonchev–Trinajstić information content (AvgIpc) is 2.47. The maximum Gasteiger partial charge on any atom is 0.410 e. The Kier molecular flexibility index (Phi) is 3.10. The van der Waals surface area contributed by atoms with E-state index in [0.29, 0.717) is 13.1 Å². The normalized spacial score (nSPS) is 35.1. The van der Waals surface area contributed by atoms with Crippen molar-refractivity contribution in [1.82, 2.24) is 4.90 Å². The molecule has 5 heteroatoms. The van der Waals surface area contributed by atoms with Crippen LogP contribution in [0.3, 0.4) is 0 Å². The van der Waals surface area contributed by atoms with Gasteiger partial charge in [-0.2, -0.15) is 0 Å². The van der Waals surface area contributed by atoms with Crippen LogP contribution in [0.2, 0.25) is 0 Å². The molecule has 1 aliphatic carbocycles. The molecule has 2 N–H and O–H groups in total. The number of aliphatic hydroxyl groups excluding tert-OH is 2. The van der Waals surface area contributed by atoms with Gasteiger partial charge < -0.3 is 19.8 Å². The van der Waals surface area contributed by atoms with E-state index in [1.54, 1.807) is 4.90 Å². The van der Waals surface area contributed by atoms with Gasteiger partial charge in [0.2, 0.25) is 0 Å². The highest BCUT2D eigenvalue weighted by atomic mass is 16.6. The fourth-order valence-electron chi connectivity index (χ4n) is 3.16. The van der Waals surface area contributed by atoms with Gasteiger partial charge in [-0.3, -0.25) is 0 Å². The Bertz CT molecular complexity index is 323. The first kappa shape index (κ1) is 13.6. The van der Waals surface area contributed by atoms with E-state index in [-0.39, 0.29) is 30.1 Å². The highest BCUT2D eigenvalue weighted by Gasteiger charge is 2.64. The number of rotatable bonds is 2. The van der Waals surface area contributed by atoms with Crippen molar-refractivity contribution in [2.75, 3.05) is 26.3 Å². The second kappa shape index (κ2) is 4.10. The third-order valence-electron chi connectivity index (χ3n) is 4.45. The zero-order valence-electron chi connectivity index (χ0n) is 11.4. The topological polar surface area (TPSA) is 70.0 Å². The number of fused-ring (bicyclic) bond motifs is 1. The maximum atomic E-state index is 12.0. The van der Waals surface area contributed by atoms with Crippen molar-refractivity contribution in [3.63, 3.8) is 0 Å². The number of nitrogens with zero attached hydrogens (tertiary/aromatic N) is 1. The van der Waals surface area contributed by atoms with E-state index in [1.165, 1.54) is 0 Å². The molecule has 0 bridgehead atoms. The van der Waals surface area contributed by atoms with Crippen molar-refractivity contribution in [3.8, 4) is 0 Å². The molecule has 0 radical (unpaired) electrons. The quantitative estimate of drug-likeness (QED) is 0.774. The highest BCUT2D eigenvalue weighted by Crippen LogP contribution is 2.60. The summed E-state index contributed by atoms with van der Waals surface area (Å²) in [6, 6.07) is 0. The van der Waals surface area contributed by atoms with Crippen LogP contribution in [-0.4, -0.2) is 53.1 Å². The van der Waals surface area contributed by atoms with Crippen LogP contribution in [-0.2, 0) is 4.74 Å². The lowest BCUT2D eigenvalue weighted by Crippen LogP contribution is -2.54. The van der Waals surface area contributed by atoms with E-state index in [9.17, 15) is 15.0 Å². The summed E-state index contributed by atoms with van der Waals surface area (Å²) in [5.74, 6) is 0. The number of carbonyl (C=O) groups excluding carboxylic acids is 1. The van der Waals surface area contributed by atoms with Crippen LogP contribution in [0.1, 0.15) is 33.6 Å². The Morgan fingerprint density at radius 1 is 1.17 bits per heavy atom. The van der Waals surface area contributed by atoms with Crippen LogP contribution < -0.4 is 0 Å². The predicted octanol–water partition coefficient (Wildman–Crippen LogP) is 0.988. The number of amides is 1. The number of hydrogen-bond donors (Lipinski definition) is 2. The smallest absolute Gasteiger partial charge is 0.410 e. The molecule has 2 fully saturated rings. The third kappa shape index (κ3) is 1.89. The molecule has 18 heavy (non-hydrogen) atoms. The molecule has 104 valence electrons. The molecular formula is C13H23NO4. The highest BCUT2D eigenvalue weighted by molar-refractivity contribution is 5.69. The largest absolute Gasteiger partial charge is 0.444 e. The number of carbonyl (C=O) groups is 1. The van der Waals surface area contributed by atoms with Crippen LogP contribution in [0, 0.1) is 10.8 Å². The summed E-state index contributed by atoms with van der Waals surface area (Å²) in [5.41, 5.74) is -1.16. The van der Waals surface area contributed by atoms with E-state index < -0.39 is 5.60 Å². The van der Waals surface area contributed by atoms with Gasteiger partial charge in [0.15, 0.2) is 0 Å².